The van der Waals surface area contributed by atoms with Gasteiger partial charge in [0.1, 0.15) is 24.6 Å². The fourth-order valence-corrected chi connectivity index (χ4v) is 2.23. The molecule has 1 aliphatic rings. The van der Waals surface area contributed by atoms with Gasteiger partial charge in [-0.3, -0.25) is 15.3 Å². The predicted molar refractivity (Wildman–Crippen MR) is 63.7 cm³/mol. The molecule has 10 heteroatoms. The minimum absolute atomic E-state index is 0.112. The van der Waals surface area contributed by atoms with Crippen molar-refractivity contribution in [2.24, 2.45) is 0 Å². The molecule has 20 heavy (non-hydrogen) atoms. The van der Waals surface area contributed by atoms with E-state index in [-0.39, 0.29) is 11.3 Å². The molecule has 2 aromatic heterocycles. The summed E-state index contributed by atoms with van der Waals surface area (Å²) in [6, 6.07) is 0. The molecule has 1 fully saturated rings. The first-order valence-electron chi connectivity index (χ1n) is 5.87. The largest absolute Gasteiger partial charge is 0.394 e. The number of fused-ring (bicyclic) bond motifs is 1. The summed E-state index contributed by atoms with van der Waals surface area (Å²) in [5, 5.41) is 37.7. The predicted octanol–water partition coefficient (Wildman–Crippen LogP) is -1.76. The molecule has 2 aromatic rings. The van der Waals surface area contributed by atoms with Gasteiger partial charge < -0.3 is 20.1 Å². The highest BCUT2D eigenvalue weighted by Crippen LogP contribution is 2.31. The SMILES string of the molecule is OC[C@H]1O[C@@H](n2cnc3c(NO)ncnc32)[C@H](O)[C@@H]1O. The van der Waals surface area contributed by atoms with E-state index in [2.05, 4.69) is 15.0 Å². The summed E-state index contributed by atoms with van der Waals surface area (Å²) >= 11 is 0. The Labute approximate surface area is 112 Å². The molecule has 1 saturated heterocycles. The Morgan fingerprint density at radius 2 is 2.05 bits per heavy atom. The standard InChI is InChI=1S/C10H13N5O5/c16-1-4-6(17)7(18)10(20-4)15-3-13-5-8(14-19)11-2-12-9(5)15/h2-4,6-7,10,16-19H,1H2,(H,11,12,14)/t4-,6-,7-,10-/m1/s1. The smallest absolute Gasteiger partial charge is 0.181 e. The Hall–Kier alpha value is -1.85. The van der Waals surface area contributed by atoms with Crippen LogP contribution in [0.15, 0.2) is 12.7 Å². The Balaban J connectivity index is 2.03. The van der Waals surface area contributed by atoms with E-state index >= 15 is 0 Å². The van der Waals surface area contributed by atoms with E-state index in [1.54, 1.807) is 0 Å². The van der Waals surface area contributed by atoms with Gasteiger partial charge in [0.05, 0.1) is 12.9 Å². The van der Waals surface area contributed by atoms with Gasteiger partial charge in [0.25, 0.3) is 0 Å². The third kappa shape index (κ3) is 1.82. The van der Waals surface area contributed by atoms with E-state index in [9.17, 15) is 10.2 Å². The van der Waals surface area contributed by atoms with Crippen molar-refractivity contribution in [2.75, 3.05) is 12.1 Å². The Morgan fingerprint density at radius 1 is 1.25 bits per heavy atom. The fraction of sp³-hybridized carbons (Fsp3) is 0.500. The number of nitrogens with zero attached hydrogens (tertiary/aromatic N) is 4. The van der Waals surface area contributed by atoms with Crippen LogP contribution in [0.1, 0.15) is 6.23 Å². The second-order valence-electron chi connectivity index (χ2n) is 4.39. The van der Waals surface area contributed by atoms with E-state index in [0.29, 0.717) is 5.65 Å². The summed E-state index contributed by atoms with van der Waals surface area (Å²) < 4.78 is 6.79. The molecule has 0 bridgehead atoms. The molecule has 3 rings (SSSR count). The first kappa shape index (κ1) is 13.1. The maximum absolute atomic E-state index is 9.97. The molecule has 0 spiro atoms. The third-order valence-electron chi connectivity index (χ3n) is 3.26. The number of aliphatic hydroxyl groups is 3. The number of anilines is 1. The fourth-order valence-electron chi connectivity index (χ4n) is 2.23. The van der Waals surface area contributed by atoms with Crippen LogP contribution in [0.3, 0.4) is 0 Å². The quantitative estimate of drug-likeness (QED) is 0.413. The Kier molecular flexibility index (Phi) is 3.23. The number of ether oxygens (including phenoxy) is 1. The number of imidazole rings is 1. The topological polar surface area (TPSA) is 146 Å². The van der Waals surface area contributed by atoms with Crippen molar-refractivity contribution in [1.82, 2.24) is 19.5 Å². The average molecular weight is 283 g/mol. The third-order valence-corrected chi connectivity index (χ3v) is 3.26. The van der Waals surface area contributed by atoms with Crippen LogP contribution in [0.25, 0.3) is 11.2 Å². The molecular formula is C10H13N5O5. The van der Waals surface area contributed by atoms with E-state index in [1.807, 2.05) is 5.48 Å². The number of hydrogen-bond acceptors (Lipinski definition) is 9. The molecule has 0 amide bonds. The van der Waals surface area contributed by atoms with Crippen LogP contribution in [-0.4, -0.2) is 65.0 Å². The highest BCUT2D eigenvalue weighted by molar-refractivity contribution is 5.82. The minimum atomic E-state index is -1.23. The lowest BCUT2D eigenvalue weighted by Gasteiger charge is -2.16. The normalized spacial score (nSPS) is 30.0. The summed E-state index contributed by atoms with van der Waals surface area (Å²) in [5.74, 6) is 0.112. The van der Waals surface area contributed by atoms with Gasteiger partial charge in [-0.2, -0.15) is 0 Å². The van der Waals surface area contributed by atoms with Crippen LogP contribution in [0, 0.1) is 0 Å². The zero-order chi connectivity index (χ0) is 14.3. The van der Waals surface area contributed by atoms with Gasteiger partial charge >= 0.3 is 0 Å². The lowest BCUT2D eigenvalue weighted by Crippen LogP contribution is -2.33. The van der Waals surface area contributed by atoms with Crippen molar-refractivity contribution in [3.63, 3.8) is 0 Å². The molecule has 3 heterocycles. The molecule has 0 saturated carbocycles. The second kappa shape index (κ2) is 4.92. The maximum atomic E-state index is 9.97. The lowest BCUT2D eigenvalue weighted by atomic mass is 10.1. The molecule has 0 aliphatic carbocycles. The number of nitrogens with one attached hydrogen (secondary N) is 1. The van der Waals surface area contributed by atoms with Gasteiger partial charge in [0.2, 0.25) is 0 Å². The lowest BCUT2D eigenvalue weighted by molar-refractivity contribution is -0.0511. The van der Waals surface area contributed by atoms with Crippen LogP contribution in [0.2, 0.25) is 0 Å². The molecule has 5 N–H and O–H groups in total. The molecule has 4 atom stereocenters. The first-order chi connectivity index (χ1) is 9.67. The molecular weight excluding hydrogens is 270 g/mol. The summed E-state index contributed by atoms with van der Waals surface area (Å²) in [5.41, 5.74) is 2.49. The van der Waals surface area contributed by atoms with Gasteiger partial charge in [-0.15, -0.1) is 0 Å². The van der Waals surface area contributed by atoms with Crippen molar-refractivity contribution in [3.05, 3.63) is 12.7 Å². The molecule has 0 aromatic carbocycles. The Bertz CT molecular complexity index is 619. The summed E-state index contributed by atoms with van der Waals surface area (Å²) in [7, 11) is 0. The summed E-state index contributed by atoms with van der Waals surface area (Å²) in [6.07, 6.45) is -1.70. The van der Waals surface area contributed by atoms with Crippen molar-refractivity contribution >= 4 is 17.0 Å². The van der Waals surface area contributed by atoms with Gasteiger partial charge in [0.15, 0.2) is 23.2 Å². The maximum Gasteiger partial charge on any atom is 0.181 e. The van der Waals surface area contributed by atoms with Crippen molar-refractivity contribution in [1.29, 1.82) is 0 Å². The highest BCUT2D eigenvalue weighted by Gasteiger charge is 2.43. The number of hydrogen-bond donors (Lipinski definition) is 5. The van der Waals surface area contributed by atoms with Gasteiger partial charge in [-0.1, -0.05) is 0 Å². The van der Waals surface area contributed by atoms with Gasteiger partial charge in [-0.25, -0.2) is 15.0 Å². The Morgan fingerprint density at radius 3 is 2.70 bits per heavy atom. The second-order valence-corrected chi connectivity index (χ2v) is 4.39. The van der Waals surface area contributed by atoms with Crippen molar-refractivity contribution in [2.45, 2.75) is 24.5 Å². The number of aliphatic hydroxyl groups excluding tert-OH is 3. The van der Waals surface area contributed by atoms with E-state index in [0.717, 1.165) is 0 Å². The average Bonchev–Trinajstić information content (AvgIpc) is 3.01. The van der Waals surface area contributed by atoms with Gasteiger partial charge in [0, 0.05) is 0 Å². The minimum Gasteiger partial charge on any atom is -0.394 e. The van der Waals surface area contributed by atoms with Crippen LogP contribution in [-0.2, 0) is 4.74 Å². The zero-order valence-electron chi connectivity index (χ0n) is 10.2. The number of aromatic nitrogens is 4. The first-order valence-corrected chi connectivity index (χ1v) is 5.87. The van der Waals surface area contributed by atoms with Gasteiger partial charge in [-0.05, 0) is 0 Å². The summed E-state index contributed by atoms with van der Waals surface area (Å²) in [6.45, 7) is -0.417. The van der Waals surface area contributed by atoms with Crippen LogP contribution >= 0.6 is 0 Å². The molecule has 10 nitrogen and oxygen atoms in total. The van der Waals surface area contributed by atoms with E-state index in [4.69, 9.17) is 15.1 Å². The highest BCUT2D eigenvalue weighted by atomic mass is 16.6. The van der Waals surface area contributed by atoms with Crippen LogP contribution in [0.5, 0.6) is 0 Å². The summed E-state index contributed by atoms with van der Waals surface area (Å²) in [4.78, 5) is 11.8. The molecule has 1 aliphatic heterocycles. The zero-order valence-corrected chi connectivity index (χ0v) is 10.2. The van der Waals surface area contributed by atoms with E-state index < -0.39 is 31.1 Å². The van der Waals surface area contributed by atoms with Crippen molar-refractivity contribution < 1.29 is 25.3 Å². The van der Waals surface area contributed by atoms with Crippen LogP contribution < -0.4 is 5.48 Å². The van der Waals surface area contributed by atoms with Crippen molar-refractivity contribution in [3.8, 4) is 0 Å². The van der Waals surface area contributed by atoms with E-state index in [1.165, 1.54) is 17.2 Å². The monoisotopic (exact) mass is 283 g/mol. The van der Waals surface area contributed by atoms with Crippen LogP contribution in [0.4, 0.5) is 5.82 Å². The molecule has 0 radical (unpaired) electrons. The number of rotatable bonds is 3. The molecule has 0 unspecified atom stereocenters. The molecule has 108 valence electrons.